The van der Waals surface area contributed by atoms with Crippen LogP contribution in [0.25, 0.3) is 294 Å². The minimum atomic E-state index is 0.912. The quantitative estimate of drug-likeness (QED) is 0.149. The first kappa shape index (κ1) is 78.4. The Labute approximate surface area is 813 Å². The van der Waals surface area contributed by atoms with Crippen LogP contribution in [0.2, 0.25) is 0 Å². The maximum Gasteiger partial charge on any atom is 0.145 e. The maximum absolute atomic E-state index is 6.67. The van der Waals surface area contributed by atoms with Gasteiger partial charge in [0.15, 0.2) is 0 Å². The Morgan fingerprint density at radius 3 is 0.965 bits per heavy atom. The van der Waals surface area contributed by atoms with Crippen LogP contribution in [0, 0.1) is 0 Å². The Hall–Kier alpha value is -18.7. The van der Waals surface area contributed by atoms with Crippen molar-refractivity contribution in [1.82, 2.24) is 27.4 Å². The third-order valence-corrected chi connectivity index (χ3v) is 31.2. The highest BCUT2D eigenvalue weighted by Gasteiger charge is 2.30. The molecule has 0 amide bonds. The summed E-state index contributed by atoms with van der Waals surface area (Å²) < 4.78 is 37.2. The number of benzene rings is 23. The zero-order valence-electron chi connectivity index (χ0n) is 76.3. The molecule has 0 spiro atoms. The molecule has 10 heterocycles. The Morgan fingerprint density at radius 1 is 0.155 bits per heavy atom. The molecule has 0 saturated heterocycles. The van der Waals surface area contributed by atoms with Crippen molar-refractivity contribution in [2.75, 3.05) is 0 Å². The summed E-state index contributed by atoms with van der Waals surface area (Å²) in [5, 5.41) is 31.4. The fourth-order valence-electron chi connectivity index (χ4n) is 24.1. The van der Waals surface area contributed by atoms with Crippen molar-refractivity contribution in [3.8, 4) is 45.3 Å². The zero-order chi connectivity index (χ0) is 92.6. The first-order valence-corrected chi connectivity index (χ1v) is 49.3. The van der Waals surface area contributed by atoms with Gasteiger partial charge in [0.25, 0.3) is 0 Å². The second kappa shape index (κ2) is 30.4. The fourth-order valence-corrected chi connectivity index (χ4v) is 25.1. The lowest BCUT2D eigenvalue weighted by Gasteiger charge is -2.14. The van der Waals surface area contributed by atoms with Crippen molar-refractivity contribution < 1.29 is 13.3 Å². The molecule has 10 heteroatoms. The third kappa shape index (κ3) is 11.3. The normalized spacial score (nSPS) is 12.2. The van der Waals surface area contributed by atoms with Crippen molar-refractivity contribution in [3.05, 3.63) is 473 Å². The van der Waals surface area contributed by atoms with Gasteiger partial charge in [0, 0.05) is 135 Å². The highest BCUT2D eigenvalue weighted by Crippen LogP contribution is 2.52. The van der Waals surface area contributed by atoms with Crippen molar-refractivity contribution in [3.63, 3.8) is 0 Å². The molecule has 9 nitrogen and oxygen atoms in total. The van der Waals surface area contributed by atoms with E-state index in [-0.39, 0.29) is 0 Å². The van der Waals surface area contributed by atoms with Crippen molar-refractivity contribution in [2.45, 2.75) is 0 Å². The standard InChI is InChI=1S/C48H28N2OS.C44H26N2O.C40H24N2O/c1-2-10-31(11-3-1)50-41-25-23-35-33-12-5-8-16-42(33)51-48(35)46(41)37-24-26-40-45(47(37)50)36-14-4-7-15-39(36)49(40)32-21-18-29(19-22-32)30-20-27-44-38(28-30)34-13-6-9-17-43(34)52-44;1-2-13-28(14-3-1)45-38-24-22-33-32-18-9-11-21-40(32)47-44(33)42(38)35-23-25-37-41(43(35)45)34-19-8-10-20-36(34)46(37)39-26-27-12-4-5-15-29(27)30-16-6-7-17-31(30)39;1-2-12-27(13-3-1)42-35-22-20-30-29-14-7-9-17-36(29)43-40(30)38(35)32-21-23-34-37(39(32)42)31-15-6-8-16-33(31)41(34)28-19-18-25-10-4-5-11-26(25)24-28/h1-28H;1-26H;1-24H. The topological polar surface area (TPSA) is 69.0 Å². The molecule has 0 fully saturated rings. The lowest BCUT2D eigenvalue weighted by atomic mass is 10.00. The molecule has 660 valence electrons. The summed E-state index contributed by atoms with van der Waals surface area (Å²) in [6.45, 7) is 0. The Kier molecular flexibility index (Phi) is 16.8. The molecule has 142 heavy (non-hydrogen) atoms. The first-order valence-electron chi connectivity index (χ1n) is 48.5. The number of furan rings is 3. The van der Waals surface area contributed by atoms with Crippen molar-refractivity contribution >= 4 is 260 Å². The van der Waals surface area contributed by atoms with E-state index in [1.165, 1.54) is 167 Å². The van der Waals surface area contributed by atoms with Crippen LogP contribution < -0.4 is 0 Å². The zero-order valence-corrected chi connectivity index (χ0v) is 77.2. The third-order valence-electron chi connectivity index (χ3n) is 30.1. The molecule has 0 bridgehead atoms. The summed E-state index contributed by atoms with van der Waals surface area (Å²) in [5.74, 6) is 0. The largest absolute Gasteiger partial charge is 0.455 e. The summed E-state index contributed by atoms with van der Waals surface area (Å²) in [7, 11) is 0. The van der Waals surface area contributed by atoms with E-state index in [9.17, 15) is 0 Å². The summed E-state index contributed by atoms with van der Waals surface area (Å²) in [6.07, 6.45) is 0. The van der Waals surface area contributed by atoms with E-state index < -0.39 is 0 Å². The minimum absolute atomic E-state index is 0.912. The summed E-state index contributed by atoms with van der Waals surface area (Å²) in [5.41, 5.74) is 29.0. The molecule has 0 unspecified atom stereocenters. The van der Waals surface area contributed by atoms with Gasteiger partial charge in [0.05, 0.1) is 88.0 Å². The minimum Gasteiger partial charge on any atom is -0.455 e. The van der Waals surface area contributed by atoms with Crippen LogP contribution in [0.1, 0.15) is 0 Å². The predicted octanol–water partition coefficient (Wildman–Crippen LogP) is 36.8. The smallest absolute Gasteiger partial charge is 0.145 e. The van der Waals surface area contributed by atoms with Crippen LogP contribution in [0.4, 0.5) is 0 Å². The van der Waals surface area contributed by atoms with Crippen LogP contribution in [-0.2, 0) is 0 Å². The van der Waals surface area contributed by atoms with Crippen LogP contribution in [0.3, 0.4) is 0 Å². The van der Waals surface area contributed by atoms with Gasteiger partial charge in [-0.25, -0.2) is 0 Å². The van der Waals surface area contributed by atoms with E-state index in [0.29, 0.717) is 0 Å². The van der Waals surface area contributed by atoms with Gasteiger partial charge < -0.3 is 40.7 Å². The maximum atomic E-state index is 6.67. The molecule has 0 atom stereocenters. The van der Waals surface area contributed by atoms with Crippen molar-refractivity contribution in [1.29, 1.82) is 0 Å². The lowest BCUT2D eigenvalue weighted by molar-refractivity contribution is 0.672. The summed E-state index contributed by atoms with van der Waals surface area (Å²) in [4.78, 5) is 0. The highest BCUT2D eigenvalue weighted by molar-refractivity contribution is 7.25. The molecular weight excluding hydrogens is 1750 g/mol. The molecule has 0 radical (unpaired) electrons. The van der Waals surface area contributed by atoms with Gasteiger partial charge in [-0.05, 0) is 232 Å². The Bertz CT molecular complexity index is 11200. The van der Waals surface area contributed by atoms with Crippen LogP contribution in [-0.4, -0.2) is 27.4 Å². The summed E-state index contributed by atoms with van der Waals surface area (Å²) >= 11 is 1.86. The first-order chi connectivity index (χ1) is 70.5. The molecule has 23 aromatic carbocycles. The van der Waals surface area contributed by atoms with E-state index in [1.807, 2.05) is 29.5 Å². The number of thiophene rings is 1. The molecule has 33 aromatic rings. The molecule has 10 aromatic heterocycles. The van der Waals surface area contributed by atoms with Crippen LogP contribution >= 0.6 is 11.3 Å². The lowest BCUT2D eigenvalue weighted by Crippen LogP contribution is -1.97. The molecular formula is C132H78N6O3S. The number of aromatic nitrogens is 6. The van der Waals surface area contributed by atoms with E-state index in [4.69, 9.17) is 13.3 Å². The SMILES string of the molecule is c1ccc(-n2c3ccc4c5ccccc5oc4c3c3ccc4c(c5ccccc5n4-c4cc5ccccc5c5ccccc45)c32)cc1.c1ccc(-n2c3ccc4c5ccccc5oc4c3c3ccc4c(c5ccccc5n4-c4ccc(-c5ccc6sc7ccccc7c6c5)cc4)c32)cc1.c1ccc(-n2c3ccc4c5ccccc5oc4c3c3ccc4c(c5ccccc5n4-c4ccc5ccccc5c4)c32)cc1. The number of nitrogens with zero attached hydrogens (tertiary/aromatic N) is 6. The van der Waals surface area contributed by atoms with Gasteiger partial charge in [-0.1, -0.05) is 279 Å². The second-order valence-corrected chi connectivity index (χ2v) is 38.6. The number of hydrogen-bond acceptors (Lipinski definition) is 4. The molecule has 0 aliphatic heterocycles. The van der Waals surface area contributed by atoms with Crippen molar-refractivity contribution in [2.24, 2.45) is 0 Å². The average Bonchev–Trinajstić information content (AvgIpc) is 1.54. The van der Waals surface area contributed by atoms with E-state index >= 15 is 0 Å². The Balaban J connectivity index is 0.0000000981. The summed E-state index contributed by atoms with van der Waals surface area (Å²) in [6, 6.07) is 171. The molecule has 0 aliphatic carbocycles. The molecule has 0 aliphatic rings. The van der Waals surface area contributed by atoms with E-state index in [2.05, 4.69) is 482 Å². The van der Waals surface area contributed by atoms with Crippen LogP contribution in [0.5, 0.6) is 0 Å². The van der Waals surface area contributed by atoms with Gasteiger partial charge in [0.1, 0.15) is 33.5 Å². The molecule has 0 saturated carbocycles. The van der Waals surface area contributed by atoms with Gasteiger partial charge in [-0.2, -0.15) is 0 Å². The van der Waals surface area contributed by atoms with Gasteiger partial charge in [-0.15, -0.1) is 11.3 Å². The molecule has 33 rings (SSSR count). The van der Waals surface area contributed by atoms with E-state index in [1.54, 1.807) is 0 Å². The number of rotatable bonds is 7. The van der Waals surface area contributed by atoms with Gasteiger partial charge in [0.2, 0.25) is 0 Å². The second-order valence-electron chi connectivity index (χ2n) is 37.5. The Morgan fingerprint density at radius 2 is 0.486 bits per heavy atom. The highest BCUT2D eigenvalue weighted by atomic mass is 32.1. The van der Waals surface area contributed by atoms with E-state index in [0.717, 1.165) is 127 Å². The number of hydrogen-bond donors (Lipinski definition) is 0. The average molecular weight is 1830 g/mol. The molecule has 0 N–H and O–H groups in total. The van der Waals surface area contributed by atoms with Gasteiger partial charge >= 0.3 is 0 Å². The van der Waals surface area contributed by atoms with Gasteiger partial charge in [-0.3, -0.25) is 0 Å². The fraction of sp³-hybridized carbons (Fsp3) is 0. The van der Waals surface area contributed by atoms with Crippen LogP contribution in [0.15, 0.2) is 486 Å². The predicted molar refractivity (Wildman–Crippen MR) is 598 cm³/mol. The number of para-hydroxylation sites is 9. The number of fused-ring (bicyclic) bond motifs is 40. The monoisotopic (exact) mass is 1830 g/mol.